The SMILES string of the molecule is CC1CN(C2=C(c3ccccc3)C(=O)N(c3cccc(F)c3)C2=O)CC(C)O1. The number of benzene rings is 2. The van der Waals surface area contributed by atoms with Gasteiger partial charge in [0.2, 0.25) is 0 Å². The summed E-state index contributed by atoms with van der Waals surface area (Å²) in [5, 5.41) is 0. The monoisotopic (exact) mass is 380 g/mol. The van der Waals surface area contributed by atoms with Crippen LogP contribution in [0.5, 0.6) is 0 Å². The van der Waals surface area contributed by atoms with Crippen molar-refractivity contribution in [1.82, 2.24) is 4.90 Å². The maximum absolute atomic E-state index is 13.8. The standard InChI is InChI=1S/C22H21FN2O3/c1-14-12-24(13-15(2)28-14)20-19(16-7-4-3-5-8-16)21(26)25(22(20)27)18-10-6-9-17(23)11-18/h3-11,14-15H,12-13H2,1-2H3. The number of carbonyl (C=O) groups is 2. The molecular formula is C22H21FN2O3. The largest absolute Gasteiger partial charge is 0.372 e. The molecule has 2 aromatic carbocycles. The van der Waals surface area contributed by atoms with E-state index in [1.165, 1.54) is 18.2 Å². The Labute approximate surface area is 163 Å². The van der Waals surface area contributed by atoms with Crippen LogP contribution in [0.3, 0.4) is 0 Å². The van der Waals surface area contributed by atoms with Gasteiger partial charge in [0, 0.05) is 13.1 Å². The second-order valence-electron chi connectivity index (χ2n) is 7.18. The Bertz CT molecular complexity index is 947. The molecule has 1 fully saturated rings. The molecule has 1 saturated heterocycles. The van der Waals surface area contributed by atoms with E-state index in [0.717, 1.165) is 4.90 Å². The number of nitrogens with zero attached hydrogens (tertiary/aromatic N) is 2. The van der Waals surface area contributed by atoms with Crippen LogP contribution >= 0.6 is 0 Å². The Morgan fingerprint density at radius 3 is 2.25 bits per heavy atom. The molecule has 2 heterocycles. The van der Waals surface area contributed by atoms with Gasteiger partial charge in [-0.1, -0.05) is 36.4 Å². The fourth-order valence-corrected chi connectivity index (χ4v) is 3.89. The van der Waals surface area contributed by atoms with Gasteiger partial charge in [0.05, 0.1) is 23.5 Å². The van der Waals surface area contributed by atoms with E-state index in [-0.39, 0.29) is 17.9 Å². The number of amides is 2. The minimum Gasteiger partial charge on any atom is -0.372 e. The zero-order chi connectivity index (χ0) is 19.8. The smallest absolute Gasteiger partial charge is 0.282 e. The van der Waals surface area contributed by atoms with Gasteiger partial charge in [-0.15, -0.1) is 0 Å². The first-order valence-electron chi connectivity index (χ1n) is 9.30. The van der Waals surface area contributed by atoms with Gasteiger partial charge in [-0.05, 0) is 37.6 Å². The lowest BCUT2D eigenvalue weighted by molar-refractivity contribution is -0.121. The minimum atomic E-state index is -0.499. The van der Waals surface area contributed by atoms with E-state index in [1.807, 2.05) is 49.1 Å². The third-order valence-electron chi connectivity index (χ3n) is 4.92. The lowest BCUT2D eigenvalue weighted by Crippen LogP contribution is -2.47. The molecule has 2 unspecified atom stereocenters. The lowest BCUT2D eigenvalue weighted by Gasteiger charge is -2.37. The van der Waals surface area contributed by atoms with Crippen LogP contribution in [-0.2, 0) is 14.3 Å². The average Bonchev–Trinajstić information content (AvgIpc) is 2.92. The van der Waals surface area contributed by atoms with Gasteiger partial charge in [0.25, 0.3) is 11.8 Å². The summed E-state index contributed by atoms with van der Waals surface area (Å²) in [5.74, 6) is -1.37. The first-order valence-corrected chi connectivity index (χ1v) is 9.30. The van der Waals surface area contributed by atoms with Crippen LogP contribution in [0.4, 0.5) is 10.1 Å². The van der Waals surface area contributed by atoms with E-state index >= 15 is 0 Å². The molecule has 0 bridgehead atoms. The first-order chi connectivity index (χ1) is 13.5. The van der Waals surface area contributed by atoms with Gasteiger partial charge in [-0.3, -0.25) is 9.59 Å². The number of carbonyl (C=O) groups excluding carboxylic acids is 2. The van der Waals surface area contributed by atoms with Gasteiger partial charge in [0.15, 0.2) is 0 Å². The quantitative estimate of drug-likeness (QED) is 0.768. The molecule has 0 N–H and O–H groups in total. The molecule has 5 nitrogen and oxygen atoms in total. The number of hydrogen-bond acceptors (Lipinski definition) is 4. The van der Waals surface area contributed by atoms with Gasteiger partial charge in [0.1, 0.15) is 11.5 Å². The van der Waals surface area contributed by atoms with E-state index in [9.17, 15) is 14.0 Å². The number of imide groups is 1. The van der Waals surface area contributed by atoms with Gasteiger partial charge in [-0.25, -0.2) is 9.29 Å². The molecule has 144 valence electrons. The van der Waals surface area contributed by atoms with Crippen molar-refractivity contribution in [2.45, 2.75) is 26.1 Å². The van der Waals surface area contributed by atoms with Crippen LogP contribution in [0.1, 0.15) is 19.4 Å². The number of morpholine rings is 1. The number of rotatable bonds is 3. The molecule has 2 aliphatic rings. The normalized spacial score (nSPS) is 23.0. The molecule has 0 aliphatic carbocycles. The number of anilines is 1. The molecule has 6 heteroatoms. The minimum absolute atomic E-state index is 0.0700. The Kier molecular flexibility index (Phi) is 4.73. The van der Waals surface area contributed by atoms with Crippen molar-refractivity contribution in [2.75, 3.05) is 18.0 Å². The fraction of sp³-hybridized carbons (Fsp3) is 0.273. The van der Waals surface area contributed by atoms with Gasteiger partial charge in [-0.2, -0.15) is 0 Å². The van der Waals surface area contributed by atoms with Crippen molar-refractivity contribution in [3.63, 3.8) is 0 Å². The van der Waals surface area contributed by atoms with E-state index < -0.39 is 17.6 Å². The van der Waals surface area contributed by atoms with Crippen molar-refractivity contribution < 1.29 is 18.7 Å². The molecule has 2 amide bonds. The Balaban J connectivity index is 1.83. The Morgan fingerprint density at radius 2 is 1.61 bits per heavy atom. The van der Waals surface area contributed by atoms with Crippen LogP contribution in [0.25, 0.3) is 5.57 Å². The van der Waals surface area contributed by atoms with Crippen LogP contribution in [0.2, 0.25) is 0 Å². The zero-order valence-corrected chi connectivity index (χ0v) is 15.8. The molecule has 28 heavy (non-hydrogen) atoms. The fourth-order valence-electron chi connectivity index (χ4n) is 3.89. The average molecular weight is 380 g/mol. The molecule has 2 atom stereocenters. The summed E-state index contributed by atoms with van der Waals surface area (Å²) in [7, 11) is 0. The Morgan fingerprint density at radius 1 is 0.929 bits per heavy atom. The molecule has 2 aliphatic heterocycles. The second-order valence-corrected chi connectivity index (χ2v) is 7.18. The third kappa shape index (κ3) is 3.20. The summed E-state index contributed by atoms with van der Waals surface area (Å²) in [4.78, 5) is 29.7. The van der Waals surface area contributed by atoms with Crippen molar-refractivity contribution in [3.8, 4) is 0 Å². The highest BCUT2D eigenvalue weighted by Gasteiger charge is 2.43. The van der Waals surface area contributed by atoms with Crippen LogP contribution < -0.4 is 4.90 Å². The highest BCUT2D eigenvalue weighted by Crippen LogP contribution is 2.36. The third-order valence-corrected chi connectivity index (χ3v) is 4.92. The van der Waals surface area contributed by atoms with E-state index in [0.29, 0.717) is 29.9 Å². The molecule has 0 spiro atoms. The molecule has 0 aromatic heterocycles. The lowest BCUT2D eigenvalue weighted by atomic mass is 10.0. The molecule has 2 aromatic rings. The highest BCUT2D eigenvalue weighted by molar-refractivity contribution is 6.45. The molecule has 4 rings (SSSR count). The van der Waals surface area contributed by atoms with Crippen LogP contribution in [0, 0.1) is 5.82 Å². The van der Waals surface area contributed by atoms with Gasteiger partial charge < -0.3 is 9.64 Å². The van der Waals surface area contributed by atoms with Gasteiger partial charge >= 0.3 is 0 Å². The highest BCUT2D eigenvalue weighted by atomic mass is 19.1. The van der Waals surface area contributed by atoms with E-state index in [1.54, 1.807) is 6.07 Å². The molecule has 0 radical (unpaired) electrons. The maximum Gasteiger partial charge on any atom is 0.282 e. The second kappa shape index (κ2) is 7.20. The first kappa shape index (κ1) is 18.4. The predicted molar refractivity (Wildman–Crippen MR) is 104 cm³/mol. The molecule has 0 saturated carbocycles. The van der Waals surface area contributed by atoms with Crippen molar-refractivity contribution in [1.29, 1.82) is 0 Å². The van der Waals surface area contributed by atoms with Crippen molar-refractivity contribution in [2.24, 2.45) is 0 Å². The number of halogens is 1. The maximum atomic E-state index is 13.8. The predicted octanol–water partition coefficient (Wildman–Crippen LogP) is 3.22. The Hall–Kier alpha value is -2.99. The van der Waals surface area contributed by atoms with Crippen LogP contribution in [-0.4, -0.2) is 42.0 Å². The molecular weight excluding hydrogens is 359 g/mol. The van der Waals surface area contributed by atoms with Crippen LogP contribution in [0.15, 0.2) is 60.3 Å². The topological polar surface area (TPSA) is 49.9 Å². The summed E-state index contributed by atoms with van der Waals surface area (Å²) in [6.45, 7) is 4.89. The summed E-state index contributed by atoms with van der Waals surface area (Å²) in [5.41, 5.74) is 1.59. The zero-order valence-electron chi connectivity index (χ0n) is 15.8. The number of hydrogen-bond donors (Lipinski definition) is 0. The number of ether oxygens (including phenoxy) is 1. The summed E-state index contributed by atoms with van der Waals surface area (Å²) < 4.78 is 19.5. The summed E-state index contributed by atoms with van der Waals surface area (Å²) in [6.07, 6.45) is -0.140. The summed E-state index contributed by atoms with van der Waals surface area (Å²) >= 11 is 0. The summed E-state index contributed by atoms with van der Waals surface area (Å²) in [6, 6.07) is 14.7. The van der Waals surface area contributed by atoms with Crippen molar-refractivity contribution >= 4 is 23.1 Å². The van der Waals surface area contributed by atoms with E-state index in [4.69, 9.17) is 4.74 Å². The van der Waals surface area contributed by atoms with E-state index in [2.05, 4.69) is 0 Å². The van der Waals surface area contributed by atoms with Crippen molar-refractivity contribution in [3.05, 3.63) is 71.7 Å².